The van der Waals surface area contributed by atoms with E-state index in [0.29, 0.717) is 13.1 Å². The molecule has 0 amide bonds. The minimum Gasteiger partial charge on any atom is -0.480 e. The van der Waals surface area contributed by atoms with Gasteiger partial charge in [-0.05, 0) is 27.0 Å². The number of carboxylic acid groups (broad SMARTS) is 1. The van der Waals surface area contributed by atoms with Crippen LogP contribution in [0.15, 0.2) is 18.5 Å². The number of carboxylic acids is 1. The third-order valence-corrected chi connectivity index (χ3v) is 2.70. The van der Waals surface area contributed by atoms with Gasteiger partial charge in [0, 0.05) is 18.9 Å². The van der Waals surface area contributed by atoms with Crippen molar-refractivity contribution in [2.45, 2.75) is 25.9 Å². The van der Waals surface area contributed by atoms with Gasteiger partial charge in [-0.1, -0.05) is 0 Å². The second-order valence-corrected chi connectivity index (χ2v) is 4.05. The fourth-order valence-electron chi connectivity index (χ4n) is 1.13. The molecule has 0 saturated carbocycles. The van der Waals surface area contributed by atoms with Crippen molar-refractivity contribution in [2.75, 3.05) is 13.6 Å². The third kappa shape index (κ3) is 2.79. The van der Waals surface area contributed by atoms with E-state index in [0.717, 1.165) is 0 Å². The monoisotopic (exact) mass is 211 g/mol. The Morgan fingerprint density at radius 2 is 2.27 bits per heavy atom. The molecule has 0 aliphatic heterocycles. The molecule has 0 bridgehead atoms. The lowest BCUT2D eigenvalue weighted by atomic mass is 10.0. The van der Waals surface area contributed by atoms with E-state index in [1.54, 1.807) is 36.7 Å². The number of carbonyl (C=O) groups is 1. The van der Waals surface area contributed by atoms with Gasteiger partial charge in [0.1, 0.15) is 5.54 Å². The van der Waals surface area contributed by atoms with Crippen molar-refractivity contribution in [1.29, 1.82) is 0 Å². The first kappa shape index (κ1) is 11.7. The van der Waals surface area contributed by atoms with E-state index < -0.39 is 11.5 Å². The molecule has 0 aliphatic rings. The normalized spacial score (nSPS) is 12.0. The Bertz CT molecular complexity index is 319. The summed E-state index contributed by atoms with van der Waals surface area (Å²) in [5.74, 6) is -0.814. The van der Waals surface area contributed by atoms with Crippen LogP contribution in [0.3, 0.4) is 0 Å². The van der Waals surface area contributed by atoms with Crippen LogP contribution in [-0.2, 0) is 11.3 Å². The van der Waals surface area contributed by atoms with Crippen molar-refractivity contribution < 1.29 is 9.90 Å². The summed E-state index contributed by atoms with van der Waals surface area (Å²) in [6.07, 6.45) is 3.57. The van der Waals surface area contributed by atoms with Gasteiger partial charge in [-0.3, -0.25) is 14.4 Å². The average molecular weight is 211 g/mol. The Morgan fingerprint density at radius 1 is 1.60 bits per heavy atom. The molecule has 5 nitrogen and oxygen atoms in total. The molecule has 0 aliphatic carbocycles. The predicted molar refractivity (Wildman–Crippen MR) is 56.6 cm³/mol. The molecule has 1 N–H and O–H groups in total. The molecule has 84 valence electrons. The zero-order valence-corrected chi connectivity index (χ0v) is 9.34. The van der Waals surface area contributed by atoms with E-state index in [1.165, 1.54) is 0 Å². The van der Waals surface area contributed by atoms with Gasteiger partial charge in [0.15, 0.2) is 0 Å². The first-order chi connectivity index (χ1) is 6.94. The highest BCUT2D eigenvalue weighted by Crippen LogP contribution is 2.11. The molecule has 0 saturated heterocycles. The molecule has 15 heavy (non-hydrogen) atoms. The van der Waals surface area contributed by atoms with Crippen LogP contribution < -0.4 is 0 Å². The maximum absolute atomic E-state index is 11.0. The SMILES string of the molecule is CN(CCn1cccn1)C(C)(C)C(=O)O. The van der Waals surface area contributed by atoms with Gasteiger partial charge in [0.05, 0.1) is 6.54 Å². The molecule has 1 aromatic heterocycles. The standard InChI is InChI=1S/C10H17N3O2/c1-10(2,9(14)15)12(3)7-8-13-6-4-5-11-13/h4-6H,7-8H2,1-3H3,(H,14,15). The third-order valence-electron chi connectivity index (χ3n) is 2.70. The minimum absolute atomic E-state index is 0.654. The van der Waals surface area contributed by atoms with Crippen LogP contribution in [0.5, 0.6) is 0 Å². The molecule has 5 heteroatoms. The van der Waals surface area contributed by atoms with Crippen molar-refractivity contribution in [3.8, 4) is 0 Å². The molecule has 0 aromatic carbocycles. The largest absolute Gasteiger partial charge is 0.480 e. The van der Waals surface area contributed by atoms with E-state index in [-0.39, 0.29) is 0 Å². The van der Waals surface area contributed by atoms with Crippen LogP contribution in [0.4, 0.5) is 0 Å². The van der Waals surface area contributed by atoms with E-state index in [1.807, 2.05) is 12.3 Å². The van der Waals surface area contributed by atoms with Gasteiger partial charge in [0.25, 0.3) is 0 Å². The summed E-state index contributed by atoms with van der Waals surface area (Å²) in [5, 5.41) is 13.1. The van der Waals surface area contributed by atoms with Crippen LogP contribution in [-0.4, -0.2) is 44.9 Å². The molecular formula is C10H17N3O2. The molecule has 0 unspecified atom stereocenters. The second kappa shape index (κ2) is 4.44. The van der Waals surface area contributed by atoms with Crippen LogP contribution in [0, 0.1) is 0 Å². The lowest BCUT2D eigenvalue weighted by molar-refractivity contribution is -0.148. The van der Waals surface area contributed by atoms with Gasteiger partial charge >= 0.3 is 5.97 Å². The zero-order chi connectivity index (χ0) is 11.5. The number of likely N-dealkylation sites (N-methyl/N-ethyl adjacent to an activating group) is 1. The lowest BCUT2D eigenvalue weighted by Crippen LogP contribution is -2.48. The van der Waals surface area contributed by atoms with Crippen molar-refractivity contribution in [3.63, 3.8) is 0 Å². The number of rotatable bonds is 5. The van der Waals surface area contributed by atoms with E-state index in [4.69, 9.17) is 5.11 Å². The van der Waals surface area contributed by atoms with E-state index >= 15 is 0 Å². The summed E-state index contributed by atoms with van der Waals surface area (Å²) in [6, 6.07) is 1.85. The average Bonchev–Trinajstić information content (AvgIpc) is 2.66. The topological polar surface area (TPSA) is 58.4 Å². The van der Waals surface area contributed by atoms with Gasteiger partial charge in [-0.15, -0.1) is 0 Å². The van der Waals surface area contributed by atoms with E-state index in [9.17, 15) is 4.79 Å². The summed E-state index contributed by atoms with van der Waals surface area (Å²) in [6.45, 7) is 4.73. The first-order valence-corrected chi connectivity index (χ1v) is 4.86. The van der Waals surface area contributed by atoms with Crippen LogP contribution in [0.25, 0.3) is 0 Å². The van der Waals surface area contributed by atoms with Crippen LogP contribution in [0.2, 0.25) is 0 Å². The van der Waals surface area contributed by atoms with Gasteiger partial charge in [-0.25, -0.2) is 0 Å². The smallest absolute Gasteiger partial charge is 0.323 e. The quantitative estimate of drug-likeness (QED) is 0.778. The minimum atomic E-state index is -0.840. The maximum Gasteiger partial charge on any atom is 0.323 e. The Kier molecular flexibility index (Phi) is 3.47. The molecule has 1 heterocycles. The highest BCUT2D eigenvalue weighted by Gasteiger charge is 2.31. The summed E-state index contributed by atoms with van der Waals surface area (Å²) in [5.41, 5.74) is -0.840. The molecule has 1 aromatic rings. The highest BCUT2D eigenvalue weighted by molar-refractivity contribution is 5.77. The Balaban J connectivity index is 2.49. The number of aromatic nitrogens is 2. The lowest BCUT2D eigenvalue weighted by Gasteiger charge is -2.31. The molecule has 0 fully saturated rings. The van der Waals surface area contributed by atoms with Gasteiger partial charge in [0.2, 0.25) is 0 Å². The summed E-state index contributed by atoms with van der Waals surface area (Å²) < 4.78 is 1.79. The fraction of sp³-hybridized carbons (Fsp3) is 0.600. The molecule has 0 spiro atoms. The Morgan fingerprint density at radius 3 is 2.73 bits per heavy atom. The van der Waals surface area contributed by atoms with Gasteiger partial charge in [-0.2, -0.15) is 5.10 Å². The molecule has 1 rings (SSSR count). The van der Waals surface area contributed by atoms with Crippen molar-refractivity contribution in [3.05, 3.63) is 18.5 Å². The molecular weight excluding hydrogens is 194 g/mol. The molecule has 0 atom stereocenters. The predicted octanol–water partition coefficient (Wildman–Crippen LogP) is 0.678. The Hall–Kier alpha value is -1.36. The summed E-state index contributed by atoms with van der Waals surface area (Å²) in [4.78, 5) is 12.8. The second-order valence-electron chi connectivity index (χ2n) is 4.05. The van der Waals surface area contributed by atoms with Crippen LogP contribution in [0.1, 0.15) is 13.8 Å². The fourth-order valence-corrected chi connectivity index (χ4v) is 1.13. The maximum atomic E-state index is 11.0. The first-order valence-electron chi connectivity index (χ1n) is 4.86. The van der Waals surface area contributed by atoms with Gasteiger partial charge < -0.3 is 5.11 Å². The van der Waals surface area contributed by atoms with Crippen LogP contribution >= 0.6 is 0 Å². The van der Waals surface area contributed by atoms with Crippen molar-refractivity contribution >= 4 is 5.97 Å². The number of hydrogen-bond donors (Lipinski definition) is 1. The molecule has 0 radical (unpaired) electrons. The zero-order valence-electron chi connectivity index (χ0n) is 9.34. The summed E-state index contributed by atoms with van der Waals surface area (Å²) in [7, 11) is 1.80. The van der Waals surface area contributed by atoms with Crippen molar-refractivity contribution in [1.82, 2.24) is 14.7 Å². The summed E-state index contributed by atoms with van der Waals surface area (Å²) >= 11 is 0. The number of nitrogens with zero attached hydrogens (tertiary/aromatic N) is 3. The highest BCUT2D eigenvalue weighted by atomic mass is 16.4. The van der Waals surface area contributed by atoms with E-state index in [2.05, 4.69) is 5.10 Å². The van der Waals surface area contributed by atoms with Crippen molar-refractivity contribution in [2.24, 2.45) is 0 Å². The Labute approximate surface area is 89.3 Å². The number of hydrogen-bond acceptors (Lipinski definition) is 3. The number of aliphatic carboxylic acids is 1.